The highest BCUT2D eigenvalue weighted by molar-refractivity contribution is 5.92. The van der Waals surface area contributed by atoms with Crippen LogP contribution in [0.5, 0.6) is 0 Å². The lowest BCUT2D eigenvalue weighted by Gasteiger charge is -2.45. The Bertz CT molecular complexity index is 1080. The van der Waals surface area contributed by atoms with Crippen molar-refractivity contribution in [1.29, 1.82) is 0 Å². The summed E-state index contributed by atoms with van der Waals surface area (Å²) in [5, 5.41) is 1.32. The molecule has 2 aromatic heterocycles. The maximum atomic E-state index is 12.9. The van der Waals surface area contributed by atoms with E-state index in [0.717, 1.165) is 18.4 Å². The predicted molar refractivity (Wildman–Crippen MR) is 109 cm³/mol. The van der Waals surface area contributed by atoms with Gasteiger partial charge in [0.15, 0.2) is 12.4 Å². The predicted octanol–water partition coefficient (Wildman–Crippen LogP) is 2.95. The maximum absolute atomic E-state index is 12.9. The Morgan fingerprint density at radius 3 is 3.00 bits per heavy atom. The van der Waals surface area contributed by atoms with Crippen molar-refractivity contribution < 1.29 is 14.3 Å². The molecule has 148 valence electrons. The topological polar surface area (TPSA) is 75.3 Å². The third-order valence-corrected chi connectivity index (χ3v) is 6.42. The van der Waals surface area contributed by atoms with Crippen LogP contribution in [0.2, 0.25) is 0 Å². The highest BCUT2D eigenvalue weighted by Gasteiger charge is 2.41. The molecule has 1 N–H and O–H groups in total. The lowest BCUT2D eigenvalue weighted by molar-refractivity contribution is -0.128. The Kier molecular flexibility index (Phi) is 4.43. The number of benzene rings is 1. The molecule has 0 amide bonds. The third-order valence-electron chi connectivity index (χ3n) is 6.42. The van der Waals surface area contributed by atoms with Crippen molar-refractivity contribution >= 4 is 22.7 Å². The summed E-state index contributed by atoms with van der Waals surface area (Å²) >= 11 is 0. The zero-order valence-electron chi connectivity index (χ0n) is 16.3. The molecule has 3 heterocycles. The monoisotopic (exact) mass is 389 g/mol. The fraction of sp³-hybridized carbons (Fsp3) is 0.348. The molecule has 1 fully saturated rings. The maximum Gasteiger partial charge on any atom is 0.340 e. The van der Waals surface area contributed by atoms with Gasteiger partial charge in [0.25, 0.3) is 0 Å². The van der Waals surface area contributed by atoms with Crippen molar-refractivity contribution in [2.45, 2.75) is 24.8 Å². The number of pyridine rings is 1. The first kappa shape index (κ1) is 18.1. The van der Waals surface area contributed by atoms with Gasteiger partial charge >= 0.3 is 5.97 Å². The van der Waals surface area contributed by atoms with Crippen molar-refractivity contribution in [3.63, 3.8) is 0 Å². The van der Waals surface area contributed by atoms with Crippen LogP contribution in [0.25, 0.3) is 10.9 Å². The minimum absolute atomic E-state index is 0.0143. The van der Waals surface area contributed by atoms with Crippen molar-refractivity contribution in [3.8, 4) is 0 Å². The summed E-state index contributed by atoms with van der Waals surface area (Å²) in [4.78, 5) is 34.6. The van der Waals surface area contributed by atoms with Crippen LogP contribution in [0.15, 0.2) is 48.9 Å². The molecular weight excluding hydrogens is 366 g/mol. The van der Waals surface area contributed by atoms with Gasteiger partial charge in [-0.2, -0.15) is 0 Å². The van der Waals surface area contributed by atoms with Crippen LogP contribution in [0, 0.1) is 5.92 Å². The quantitative estimate of drug-likeness (QED) is 0.695. The van der Waals surface area contributed by atoms with E-state index >= 15 is 0 Å². The highest BCUT2D eigenvalue weighted by atomic mass is 16.5. The Morgan fingerprint density at radius 2 is 2.17 bits per heavy atom. The third kappa shape index (κ3) is 3.13. The van der Waals surface area contributed by atoms with Crippen molar-refractivity contribution in [2.75, 3.05) is 20.2 Å². The zero-order valence-corrected chi connectivity index (χ0v) is 16.3. The van der Waals surface area contributed by atoms with Gasteiger partial charge in [0, 0.05) is 53.9 Å². The van der Waals surface area contributed by atoms with Crippen LogP contribution in [0.1, 0.15) is 33.8 Å². The average Bonchev–Trinajstić information content (AvgIpc) is 3.17. The van der Waals surface area contributed by atoms with Crippen molar-refractivity contribution in [2.24, 2.45) is 5.92 Å². The molecule has 0 bridgehead atoms. The Hall–Kier alpha value is -2.99. The lowest BCUT2D eigenvalue weighted by atomic mass is 9.72. The van der Waals surface area contributed by atoms with E-state index in [2.05, 4.69) is 46.3 Å². The highest BCUT2D eigenvalue weighted by Crippen LogP contribution is 2.44. The molecule has 1 aliphatic heterocycles. The van der Waals surface area contributed by atoms with Gasteiger partial charge in [-0.3, -0.25) is 9.78 Å². The molecule has 6 nitrogen and oxygen atoms in total. The van der Waals surface area contributed by atoms with E-state index in [0.29, 0.717) is 24.1 Å². The van der Waals surface area contributed by atoms with E-state index in [-0.39, 0.29) is 18.3 Å². The summed E-state index contributed by atoms with van der Waals surface area (Å²) in [5.74, 6) is -0.352. The van der Waals surface area contributed by atoms with Gasteiger partial charge < -0.3 is 14.6 Å². The fourth-order valence-electron chi connectivity index (χ4n) is 5.00. The van der Waals surface area contributed by atoms with Gasteiger partial charge in [-0.05, 0) is 49.2 Å². The number of piperidine rings is 1. The number of ether oxygens (including phenoxy) is 1. The normalized spacial score (nSPS) is 23.6. The SMILES string of the molecule is CN1CC(C(=O)COC(=O)c2cccnc2)C[C@@H]2c3cccc4[nH]cc(c34)C[C@H]21. The number of likely N-dealkylation sites (tertiary alicyclic amines) is 1. The first-order chi connectivity index (χ1) is 14.1. The first-order valence-corrected chi connectivity index (χ1v) is 10.0. The molecule has 6 heteroatoms. The lowest BCUT2D eigenvalue weighted by Crippen LogP contribution is -2.50. The number of ketones is 1. The number of aromatic nitrogens is 2. The van der Waals surface area contributed by atoms with Crippen LogP contribution in [-0.2, 0) is 16.0 Å². The summed E-state index contributed by atoms with van der Waals surface area (Å²) in [6, 6.07) is 10.1. The smallest absolute Gasteiger partial charge is 0.340 e. The summed E-state index contributed by atoms with van der Waals surface area (Å²) in [6.07, 6.45) is 6.95. The number of H-pyrrole nitrogens is 1. The molecule has 3 atom stereocenters. The number of nitrogens with zero attached hydrogens (tertiary/aromatic N) is 2. The number of aromatic amines is 1. The van der Waals surface area contributed by atoms with Crippen molar-refractivity contribution in [3.05, 3.63) is 65.6 Å². The molecule has 3 aromatic rings. The second-order valence-electron chi connectivity index (χ2n) is 8.12. The van der Waals surface area contributed by atoms with E-state index < -0.39 is 5.97 Å². The number of likely N-dealkylation sites (N-methyl/N-ethyl adjacent to an activating group) is 1. The number of esters is 1. The minimum Gasteiger partial charge on any atom is -0.454 e. The molecule has 0 saturated carbocycles. The molecule has 1 aromatic carbocycles. The van der Waals surface area contributed by atoms with Crippen LogP contribution in [-0.4, -0.2) is 52.9 Å². The zero-order chi connectivity index (χ0) is 20.0. The van der Waals surface area contributed by atoms with Crippen LogP contribution in [0.3, 0.4) is 0 Å². The number of carbonyl (C=O) groups is 2. The summed E-state index contributed by atoms with van der Waals surface area (Å²) in [5.41, 5.74) is 4.21. The van der Waals surface area contributed by atoms with E-state index in [4.69, 9.17) is 4.74 Å². The van der Waals surface area contributed by atoms with Gasteiger partial charge in [0.1, 0.15) is 0 Å². The standard InChI is InChI=1S/C23H23N3O3/c1-26-12-16(21(27)13-29-23(28)14-4-3-7-24-10-14)8-18-17-5-2-6-19-22(17)15(11-25-19)9-20(18)26/h2-7,10-11,16,18,20,25H,8-9,12-13H2,1H3/t16?,18-,20-/m1/s1. The summed E-state index contributed by atoms with van der Waals surface area (Å²) in [7, 11) is 2.09. The Morgan fingerprint density at radius 1 is 1.28 bits per heavy atom. The largest absolute Gasteiger partial charge is 0.454 e. The number of Topliss-reactive ketones (excluding diaryl/α,β-unsaturated/α-hetero) is 1. The molecule has 1 aliphatic carbocycles. The number of hydrogen-bond donors (Lipinski definition) is 1. The number of nitrogens with one attached hydrogen (secondary N) is 1. The number of fused-ring (bicyclic) bond motifs is 2. The second kappa shape index (κ2) is 7.12. The number of carbonyl (C=O) groups excluding carboxylic acids is 2. The van der Waals surface area contributed by atoms with Gasteiger partial charge in [0.2, 0.25) is 0 Å². The number of hydrogen-bond acceptors (Lipinski definition) is 5. The molecular formula is C23H23N3O3. The van der Waals surface area contributed by atoms with Gasteiger partial charge in [0.05, 0.1) is 5.56 Å². The minimum atomic E-state index is -0.507. The molecule has 1 unspecified atom stereocenters. The van der Waals surface area contributed by atoms with Crippen molar-refractivity contribution in [1.82, 2.24) is 14.9 Å². The van der Waals surface area contributed by atoms with Crippen LogP contribution < -0.4 is 0 Å². The van der Waals surface area contributed by atoms with E-state index in [1.54, 1.807) is 18.3 Å². The van der Waals surface area contributed by atoms with Gasteiger partial charge in [-0.1, -0.05) is 12.1 Å². The van der Waals surface area contributed by atoms with Gasteiger partial charge in [-0.15, -0.1) is 0 Å². The Labute approximate surface area is 168 Å². The van der Waals surface area contributed by atoms with Crippen LogP contribution in [0.4, 0.5) is 0 Å². The number of rotatable bonds is 4. The van der Waals surface area contributed by atoms with E-state index in [1.807, 2.05) is 0 Å². The fourth-order valence-corrected chi connectivity index (χ4v) is 5.00. The molecule has 2 aliphatic rings. The Balaban J connectivity index is 1.32. The summed E-state index contributed by atoms with van der Waals surface area (Å²) < 4.78 is 5.26. The molecule has 0 radical (unpaired) electrons. The van der Waals surface area contributed by atoms with Gasteiger partial charge in [-0.25, -0.2) is 4.79 Å². The molecule has 29 heavy (non-hydrogen) atoms. The average molecular weight is 389 g/mol. The van der Waals surface area contributed by atoms with E-state index in [1.165, 1.54) is 22.7 Å². The molecule has 1 saturated heterocycles. The molecule has 5 rings (SSSR count). The summed E-state index contributed by atoms with van der Waals surface area (Å²) in [6.45, 7) is 0.503. The first-order valence-electron chi connectivity index (χ1n) is 10.0. The van der Waals surface area contributed by atoms with Crippen LogP contribution >= 0.6 is 0 Å². The second-order valence-corrected chi connectivity index (χ2v) is 8.12. The van der Waals surface area contributed by atoms with E-state index in [9.17, 15) is 9.59 Å². The molecule has 0 spiro atoms.